The largest absolute Gasteiger partial charge is 0.458 e. The quantitative estimate of drug-likeness (QED) is 0.381. The zero-order chi connectivity index (χ0) is 20.1. The molecule has 6 aliphatic carbocycles. The Hall–Kier alpha value is -1.84. The molecule has 6 aliphatic rings. The fourth-order valence-electron chi connectivity index (χ4n) is 5.48. The van der Waals surface area contributed by atoms with Gasteiger partial charge in [-0.05, 0) is 71.3 Å². The van der Waals surface area contributed by atoms with E-state index in [9.17, 15) is 9.59 Å². The number of hydrogen-bond acceptors (Lipinski definition) is 4. The zero-order valence-corrected chi connectivity index (χ0v) is 17.5. The Kier molecular flexibility index (Phi) is 4.79. The van der Waals surface area contributed by atoms with Gasteiger partial charge in [-0.3, -0.25) is 0 Å². The molecule has 0 aliphatic heterocycles. The van der Waals surface area contributed by atoms with E-state index < -0.39 is 11.9 Å². The summed E-state index contributed by atoms with van der Waals surface area (Å²) in [5, 5.41) is 0. The van der Waals surface area contributed by atoms with Gasteiger partial charge in [-0.25, -0.2) is 9.59 Å². The Morgan fingerprint density at radius 3 is 1.54 bits per heavy atom. The van der Waals surface area contributed by atoms with Gasteiger partial charge in [0.2, 0.25) is 0 Å². The number of allylic oxidation sites excluding steroid dienone is 2. The van der Waals surface area contributed by atoms with Crippen LogP contribution in [0.25, 0.3) is 0 Å². The first kappa shape index (κ1) is 19.5. The van der Waals surface area contributed by atoms with Crippen molar-refractivity contribution in [2.45, 2.75) is 53.4 Å². The maximum absolute atomic E-state index is 11.9. The van der Waals surface area contributed by atoms with Crippen LogP contribution in [0.3, 0.4) is 0 Å². The second-order valence-electron chi connectivity index (χ2n) is 10.3. The highest BCUT2D eigenvalue weighted by molar-refractivity contribution is 5.91. The van der Waals surface area contributed by atoms with Crippen LogP contribution in [0.4, 0.5) is 0 Å². The molecular weight excluding hydrogens is 352 g/mol. The summed E-state index contributed by atoms with van der Waals surface area (Å²) in [6.45, 7) is 9.90. The van der Waals surface area contributed by atoms with E-state index in [1.807, 2.05) is 0 Å². The molecule has 4 heteroatoms. The summed E-state index contributed by atoms with van der Waals surface area (Å²) in [6, 6.07) is 0. The minimum atomic E-state index is -0.490. The maximum Gasteiger partial charge on any atom is 0.331 e. The minimum absolute atomic E-state index is 0.326. The van der Waals surface area contributed by atoms with Crippen LogP contribution in [0.1, 0.15) is 53.4 Å². The molecule has 28 heavy (non-hydrogen) atoms. The van der Waals surface area contributed by atoms with E-state index in [1.165, 1.54) is 36.1 Å². The Bertz CT molecular complexity index is 703. The van der Waals surface area contributed by atoms with Gasteiger partial charge in [0, 0.05) is 12.2 Å². The smallest absolute Gasteiger partial charge is 0.331 e. The molecule has 0 aromatic rings. The standard InChI is InChI=1S/C24H32O4/c1-23(2)17-7-15(8-18(23)11-17)13-27-21(25)5-6-22(26)28-14-16-9-19-12-20(10-16)24(19,3)4/h5-7,9,17-20H,8,10-14H2,1-4H3/b6-5+. The van der Waals surface area contributed by atoms with E-state index in [1.54, 1.807) is 0 Å². The lowest BCUT2D eigenvalue weighted by molar-refractivity contribution is -0.139. The Morgan fingerprint density at radius 2 is 1.25 bits per heavy atom. The summed E-state index contributed by atoms with van der Waals surface area (Å²) >= 11 is 0. The molecule has 0 heterocycles. The molecule has 0 N–H and O–H groups in total. The number of hydrogen-bond donors (Lipinski definition) is 0. The van der Waals surface area contributed by atoms with Crippen LogP contribution >= 0.6 is 0 Å². The monoisotopic (exact) mass is 384 g/mol. The predicted molar refractivity (Wildman–Crippen MR) is 107 cm³/mol. The van der Waals surface area contributed by atoms with Crippen molar-refractivity contribution in [3.8, 4) is 0 Å². The van der Waals surface area contributed by atoms with Crippen molar-refractivity contribution < 1.29 is 19.1 Å². The van der Waals surface area contributed by atoms with Crippen molar-refractivity contribution in [3.05, 3.63) is 35.5 Å². The Balaban J connectivity index is 1.18. The van der Waals surface area contributed by atoms with Crippen molar-refractivity contribution in [1.29, 1.82) is 0 Å². The van der Waals surface area contributed by atoms with Crippen molar-refractivity contribution in [3.63, 3.8) is 0 Å². The summed E-state index contributed by atoms with van der Waals surface area (Å²) in [7, 11) is 0. The molecule has 0 aromatic heterocycles. The van der Waals surface area contributed by atoms with E-state index in [-0.39, 0.29) is 0 Å². The first-order valence-corrected chi connectivity index (χ1v) is 10.6. The van der Waals surface area contributed by atoms with Crippen LogP contribution in [0.15, 0.2) is 35.5 Å². The van der Waals surface area contributed by atoms with Gasteiger partial charge in [0.15, 0.2) is 0 Å². The molecule has 0 amide bonds. The second-order valence-corrected chi connectivity index (χ2v) is 10.3. The van der Waals surface area contributed by atoms with Crippen LogP contribution in [-0.4, -0.2) is 25.2 Å². The highest BCUT2D eigenvalue weighted by Crippen LogP contribution is 2.58. The van der Waals surface area contributed by atoms with E-state index >= 15 is 0 Å². The van der Waals surface area contributed by atoms with Gasteiger partial charge in [0.1, 0.15) is 13.2 Å². The highest BCUT2D eigenvalue weighted by atomic mass is 16.5. The molecule has 152 valence electrons. The van der Waals surface area contributed by atoms with E-state index in [4.69, 9.17) is 9.47 Å². The summed E-state index contributed by atoms with van der Waals surface area (Å²) in [5.41, 5.74) is 3.19. The van der Waals surface area contributed by atoms with Crippen LogP contribution < -0.4 is 0 Å². The third-order valence-corrected chi connectivity index (χ3v) is 8.14. The number of fused-ring (bicyclic) bond motifs is 2. The van der Waals surface area contributed by atoms with Crippen molar-refractivity contribution in [2.75, 3.05) is 13.2 Å². The van der Waals surface area contributed by atoms with Gasteiger partial charge in [-0.1, -0.05) is 39.8 Å². The number of esters is 2. The molecule has 4 atom stereocenters. The van der Waals surface area contributed by atoms with Gasteiger partial charge in [-0.15, -0.1) is 0 Å². The molecule has 2 fully saturated rings. The van der Waals surface area contributed by atoms with Crippen LogP contribution in [0, 0.1) is 34.5 Å². The molecule has 0 spiro atoms. The lowest BCUT2D eigenvalue weighted by Gasteiger charge is -2.55. The van der Waals surface area contributed by atoms with Gasteiger partial charge < -0.3 is 9.47 Å². The average molecular weight is 385 g/mol. The fraction of sp³-hybridized carbons (Fsp3) is 0.667. The van der Waals surface area contributed by atoms with Gasteiger partial charge in [-0.2, -0.15) is 0 Å². The van der Waals surface area contributed by atoms with Crippen LogP contribution in [-0.2, 0) is 19.1 Å². The molecule has 0 aromatic carbocycles. The lowest BCUT2D eigenvalue weighted by atomic mass is 9.50. The van der Waals surface area contributed by atoms with Crippen molar-refractivity contribution in [2.24, 2.45) is 34.5 Å². The van der Waals surface area contributed by atoms with Gasteiger partial charge >= 0.3 is 11.9 Å². The number of ether oxygens (including phenoxy) is 2. The topological polar surface area (TPSA) is 52.6 Å². The van der Waals surface area contributed by atoms with Crippen LogP contribution in [0.2, 0.25) is 0 Å². The molecule has 0 saturated heterocycles. The zero-order valence-electron chi connectivity index (χ0n) is 17.5. The maximum atomic E-state index is 11.9. The molecule has 4 bridgehead atoms. The SMILES string of the molecule is CC1(C)C2C=C(COC(=O)/C=C/C(=O)OCC3=CC4CC(C3)C4(C)C)CC1C2. The van der Waals surface area contributed by atoms with E-state index in [2.05, 4.69) is 39.8 Å². The summed E-state index contributed by atoms with van der Waals surface area (Å²) < 4.78 is 10.6. The van der Waals surface area contributed by atoms with Gasteiger partial charge in [0.05, 0.1) is 0 Å². The lowest BCUT2D eigenvalue weighted by Crippen LogP contribution is -2.47. The van der Waals surface area contributed by atoms with Crippen molar-refractivity contribution >= 4 is 11.9 Å². The Labute approximate surface area is 168 Å². The molecule has 0 radical (unpaired) electrons. The Morgan fingerprint density at radius 1 is 0.857 bits per heavy atom. The number of carbonyl (C=O) groups is 2. The minimum Gasteiger partial charge on any atom is -0.458 e. The fourth-order valence-corrected chi connectivity index (χ4v) is 5.48. The molecule has 4 unspecified atom stereocenters. The predicted octanol–water partition coefficient (Wildman–Crippen LogP) is 4.61. The molecule has 2 saturated carbocycles. The third-order valence-electron chi connectivity index (χ3n) is 8.14. The van der Waals surface area contributed by atoms with E-state index in [0.717, 1.165) is 12.8 Å². The second kappa shape index (κ2) is 6.89. The van der Waals surface area contributed by atoms with E-state index in [0.29, 0.717) is 47.7 Å². The first-order chi connectivity index (χ1) is 13.2. The summed E-state index contributed by atoms with van der Waals surface area (Å²) in [5.74, 6) is 1.64. The first-order valence-electron chi connectivity index (χ1n) is 10.6. The summed E-state index contributed by atoms with van der Waals surface area (Å²) in [6.07, 6.45) is 11.4. The van der Waals surface area contributed by atoms with Gasteiger partial charge in [0.25, 0.3) is 0 Å². The summed E-state index contributed by atoms with van der Waals surface area (Å²) in [4.78, 5) is 23.8. The molecular formula is C24H32O4. The molecule has 6 rings (SSSR count). The number of carbonyl (C=O) groups excluding carboxylic acids is 2. The molecule has 4 nitrogen and oxygen atoms in total. The highest BCUT2D eigenvalue weighted by Gasteiger charge is 2.50. The average Bonchev–Trinajstić information content (AvgIpc) is 2.69. The van der Waals surface area contributed by atoms with Crippen molar-refractivity contribution in [1.82, 2.24) is 0 Å². The normalized spacial score (nSPS) is 33.9. The van der Waals surface area contributed by atoms with Crippen LogP contribution in [0.5, 0.6) is 0 Å². The third kappa shape index (κ3) is 3.46. The number of rotatable bonds is 6.